The van der Waals surface area contributed by atoms with E-state index in [0.717, 1.165) is 20.0 Å². The third kappa shape index (κ3) is 1.74. The summed E-state index contributed by atoms with van der Waals surface area (Å²) in [5.41, 5.74) is 6.71. The summed E-state index contributed by atoms with van der Waals surface area (Å²) in [5, 5.41) is 2.00. The molecule has 2 heterocycles. The van der Waals surface area contributed by atoms with Crippen LogP contribution in [0.1, 0.15) is 5.69 Å². The van der Waals surface area contributed by atoms with E-state index < -0.39 is 0 Å². The molecule has 0 spiro atoms. The van der Waals surface area contributed by atoms with E-state index in [1.165, 1.54) is 0 Å². The Morgan fingerprint density at radius 2 is 2.21 bits per heavy atom. The Kier molecular flexibility index (Phi) is 2.69. The molecule has 0 atom stereocenters. The van der Waals surface area contributed by atoms with Gasteiger partial charge in [0.15, 0.2) is 5.82 Å². The number of anilines is 1. The second kappa shape index (κ2) is 3.82. The lowest BCUT2D eigenvalue weighted by molar-refractivity contribution is 1.11. The van der Waals surface area contributed by atoms with Crippen LogP contribution in [0.4, 0.5) is 5.82 Å². The van der Waals surface area contributed by atoms with Crippen LogP contribution in [-0.2, 0) is 0 Å². The number of hydrogen-bond donors (Lipinski definition) is 1. The Balaban J connectivity index is 2.57. The first-order valence-corrected chi connectivity index (χ1v) is 5.98. The number of nitrogen functional groups attached to an aromatic ring is 1. The highest BCUT2D eigenvalue weighted by Crippen LogP contribution is 2.24. The Morgan fingerprint density at radius 1 is 1.43 bits per heavy atom. The van der Waals surface area contributed by atoms with Gasteiger partial charge in [-0.1, -0.05) is 6.07 Å². The van der Waals surface area contributed by atoms with Crippen LogP contribution in [0.2, 0.25) is 0 Å². The summed E-state index contributed by atoms with van der Waals surface area (Å²) >= 11 is 3.77. The van der Waals surface area contributed by atoms with Crippen molar-refractivity contribution in [3.8, 4) is 10.7 Å². The fourth-order valence-electron chi connectivity index (χ4n) is 1.10. The van der Waals surface area contributed by atoms with Crippen LogP contribution in [0.25, 0.3) is 10.7 Å². The van der Waals surface area contributed by atoms with Crippen LogP contribution in [0.3, 0.4) is 0 Å². The van der Waals surface area contributed by atoms with Crippen molar-refractivity contribution in [2.45, 2.75) is 6.92 Å². The summed E-state index contributed by atoms with van der Waals surface area (Å²) in [6.07, 6.45) is 0. The number of nitrogens with two attached hydrogens (primary N) is 1. The molecular formula is C9H8IN3S. The molecule has 0 bridgehead atoms. The maximum absolute atomic E-state index is 5.77. The largest absolute Gasteiger partial charge is 0.383 e. The van der Waals surface area contributed by atoms with Crippen LogP contribution < -0.4 is 5.73 Å². The van der Waals surface area contributed by atoms with Gasteiger partial charge in [0.2, 0.25) is 0 Å². The quantitative estimate of drug-likeness (QED) is 0.823. The highest BCUT2D eigenvalue weighted by atomic mass is 127. The molecule has 5 heteroatoms. The summed E-state index contributed by atoms with van der Waals surface area (Å²) in [6.45, 7) is 1.94. The Bertz CT molecular complexity index is 430. The van der Waals surface area contributed by atoms with Crippen LogP contribution in [-0.4, -0.2) is 9.97 Å². The molecule has 14 heavy (non-hydrogen) atoms. The van der Waals surface area contributed by atoms with Crippen LogP contribution >= 0.6 is 33.9 Å². The molecule has 72 valence electrons. The van der Waals surface area contributed by atoms with Gasteiger partial charge in [0, 0.05) is 0 Å². The Labute approximate surface area is 99.5 Å². The standard InChI is InChI=1S/C9H8IN3S/c1-5-7(10)8(11)13-9(12-5)6-3-2-4-14-6/h2-4H,1H3,(H2,11,12,13). The van der Waals surface area contributed by atoms with Gasteiger partial charge in [0.1, 0.15) is 5.82 Å². The predicted octanol–water partition coefficient (Wildman–Crippen LogP) is 2.70. The third-order valence-electron chi connectivity index (χ3n) is 1.78. The van der Waals surface area contributed by atoms with Crippen molar-refractivity contribution in [2.75, 3.05) is 5.73 Å². The smallest absolute Gasteiger partial charge is 0.171 e. The van der Waals surface area contributed by atoms with Crippen molar-refractivity contribution >= 4 is 39.7 Å². The second-order valence-electron chi connectivity index (χ2n) is 2.81. The van der Waals surface area contributed by atoms with Gasteiger partial charge in [-0.2, -0.15) is 0 Å². The molecule has 0 unspecified atom stereocenters. The highest BCUT2D eigenvalue weighted by molar-refractivity contribution is 14.1. The highest BCUT2D eigenvalue weighted by Gasteiger charge is 2.08. The molecule has 0 fully saturated rings. The Hall–Kier alpha value is -0.690. The number of aryl methyl sites for hydroxylation is 1. The third-order valence-corrected chi connectivity index (χ3v) is 3.98. The first-order valence-electron chi connectivity index (χ1n) is 4.02. The van der Waals surface area contributed by atoms with Crippen molar-refractivity contribution in [1.82, 2.24) is 9.97 Å². The van der Waals surface area contributed by atoms with E-state index in [4.69, 9.17) is 5.73 Å². The molecule has 0 aliphatic carbocycles. The summed E-state index contributed by atoms with van der Waals surface area (Å²) in [4.78, 5) is 9.69. The lowest BCUT2D eigenvalue weighted by Crippen LogP contribution is -2.01. The summed E-state index contributed by atoms with van der Waals surface area (Å²) in [5.74, 6) is 1.27. The van der Waals surface area contributed by atoms with Crippen molar-refractivity contribution in [3.63, 3.8) is 0 Å². The van der Waals surface area contributed by atoms with Crippen molar-refractivity contribution in [3.05, 3.63) is 26.8 Å². The topological polar surface area (TPSA) is 51.8 Å². The molecule has 2 N–H and O–H groups in total. The number of thiophene rings is 1. The zero-order valence-corrected chi connectivity index (χ0v) is 10.5. The summed E-state index contributed by atoms with van der Waals surface area (Å²) in [7, 11) is 0. The Morgan fingerprint density at radius 3 is 2.79 bits per heavy atom. The lowest BCUT2D eigenvalue weighted by Gasteiger charge is -2.03. The fourth-order valence-corrected chi connectivity index (χ4v) is 2.00. The van der Waals surface area contributed by atoms with E-state index in [9.17, 15) is 0 Å². The molecule has 0 aliphatic heterocycles. The zero-order valence-electron chi connectivity index (χ0n) is 7.49. The normalized spacial score (nSPS) is 10.4. The average Bonchev–Trinajstić information content (AvgIpc) is 2.66. The lowest BCUT2D eigenvalue weighted by atomic mass is 10.4. The van der Waals surface area contributed by atoms with Gasteiger partial charge in [0.25, 0.3) is 0 Å². The molecule has 0 amide bonds. The first-order chi connectivity index (χ1) is 6.68. The average molecular weight is 317 g/mol. The monoisotopic (exact) mass is 317 g/mol. The van der Waals surface area contributed by atoms with Crippen molar-refractivity contribution < 1.29 is 0 Å². The molecule has 2 aromatic heterocycles. The zero-order chi connectivity index (χ0) is 10.1. The molecule has 0 saturated heterocycles. The molecule has 2 rings (SSSR count). The van der Waals surface area contributed by atoms with Gasteiger partial charge < -0.3 is 5.73 Å². The van der Waals surface area contributed by atoms with E-state index in [1.807, 2.05) is 24.4 Å². The van der Waals surface area contributed by atoms with E-state index in [-0.39, 0.29) is 0 Å². The number of halogens is 1. The van der Waals surface area contributed by atoms with Crippen molar-refractivity contribution in [1.29, 1.82) is 0 Å². The van der Waals surface area contributed by atoms with Crippen LogP contribution in [0, 0.1) is 10.5 Å². The van der Waals surface area contributed by atoms with Crippen LogP contribution in [0.15, 0.2) is 17.5 Å². The molecule has 0 aromatic carbocycles. The number of rotatable bonds is 1. The van der Waals surface area contributed by atoms with Gasteiger partial charge in [-0.15, -0.1) is 11.3 Å². The van der Waals surface area contributed by atoms with Gasteiger partial charge in [-0.25, -0.2) is 9.97 Å². The number of aromatic nitrogens is 2. The fraction of sp³-hybridized carbons (Fsp3) is 0.111. The maximum atomic E-state index is 5.77. The van der Waals surface area contributed by atoms with E-state index in [0.29, 0.717) is 5.82 Å². The molecule has 2 aromatic rings. The van der Waals surface area contributed by atoms with Gasteiger partial charge in [0.05, 0.1) is 14.1 Å². The second-order valence-corrected chi connectivity index (χ2v) is 4.84. The minimum Gasteiger partial charge on any atom is -0.383 e. The molecule has 3 nitrogen and oxygen atoms in total. The molecule has 0 aliphatic rings. The number of nitrogens with zero attached hydrogens (tertiary/aromatic N) is 2. The van der Waals surface area contributed by atoms with E-state index in [2.05, 4.69) is 32.6 Å². The van der Waals surface area contributed by atoms with Gasteiger partial charge in [-0.05, 0) is 41.0 Å². The first kappa shape index (κ1) is 9.85. The SMILES string of the molecule is Cc1nc(-c2cccs2)nc(N)c1I. The number of hydrogen-bond acceptors (Lipinski definition) is 4. The van der Waals surface area contributed by atoms with Crippen molar-refractivity contribution in [2.24, 2.45) is 0 Å². The van der Waals surface area contributed by atoms with E-state index in [1.54, 1.807) is 11.3 Å². The van der Waals surface area contributed by atoms with E-state index >= 15 is 0 Å². The van der Waals surface area contributed by atoms with Gasteiger partial charge >= 0.3 is 0 Å². The van der Waals surface area contributed by atoms with Gasteiger partial charge in [-0.3, -0.25) is 0 Å². The minimum absolute atomic E-state index is 0.557. The summed E-state index contributed by atoms with van der Waals surface area (Å²) < 4.78 is 0.933. The molecular weight excluding hydrogens is 309 g/mol. The molecule has 0 radical (unpaired) electrons. The maximum Gasteiger partial charge on any atom is 0.171 e. The summed E-state index contributed by atoms with van der Waals surface area (Å²) in [6, 6.07) is 3.97. The predicted molar refractivity (Wildman–Crippen MR) is 67.2 cm³/mol. The molecule has 0 saturated carbocycles. The minimum atomic E-state index is 0.557. The van der Waals surface area contributed by atoms with Crippen LogP contribution in [0.5, 0.6) is 0 Å².